The number of rotatable bonds is 7. The minimum atomic E-state index is -0.784. The van der Waals surface area contributed by atoms with Crippen LogP contribution in [0.2, 0.25) is 0 Å². The summed E-state index contributed by atoms with van der Waals surface area (Å²) in [6.07, 6.45) is 6.69. The van der Waals surface area contributed by atoms with Gasteiger partial charge in [0.05, 0.1) is 12.2 Å². The van der Waals surface area contributed by atoms with E-state index in [1.54, 1.807) is 36.4 Å². The van der Waals surface area contributed by atoms with Crippen molar-refractivity contribution in [3.63, 3.8) is 0 Å². The maximum absolute atomic E-state index is 12.4. The molecule has 0 aromatic heterocycles. The average Bonchev–Trinajstić information content (AvgIpc) is 2.54. The molecule has 0 radical (unpaired) electrons. The van der Waals surface area contributed by atoms with Gasteiger partial charge < -0.3 is 14.6 Å². The molecule has 1 aromatic carbocycles. The van der Waals surface area contributed by atoms with Gasteiger partial charge in [0.15, 0.2) is 11.6 Å². The van der Waals surface area contributed by atoms with Crippen LogP contribution in [0, 0.1) is 0 Å². The zero-order valence-corrected chi connectivity index (χ0v) is 13.0. The zero-order valence-electron chi connectivity index (χ0n) is 13.0. The third-order valence-electron chi connectivity index (χ3n) is 3.47. The molecule has 0 heterocycles. The number of para-hydroxylation sites is 1. The molecule has 118 valence electrons. The Hall–Kier alpha value is -1.91. The quantitative estimate of drug-likeness (QED) is 0.617. The van der Waals surface area contributed by atoms with Gasteiger partial charge in [-0.25, -0.2) is 0 Å². The van der Waals surface area contributed by atoms with Gasteiger partial charge in [-0.15, -0.1) is 0 Å². The number of carbonyl (C=O) groups is 1. The highest BCUT2D eigenvalue weighted by atomic mass is 16.7. The highest BCUT2D eigenvalue weighted by molar-refractivity contribution is 6.12. The number of Topliss-reactive ketones (excluding diaryl/α,β-unsaturated/α-hetero) is 1. The van der Waals surface area contributed by atoms with Crippen LogP contribution in [0.1, 0.15) is 37.0 Å². The summed E-state index contributed by atoms with van der Waals surface area (Å²) < 4.78 is 11.5. The van der Waals surface area contributed by atoms with Crippen LogP contribution in [-0.2, 0) is 9.47 Å². The minimum absolute atomic E-state index is 0.00863. The van der Waals surface area contributed by atoms with Crippen molar-refractivity contribution in [2.24, 2.45) is 0 Å². The van der Waals surface area contributed by atoms with Gasteiger partial charge in [0, 0.05) is 18.6 Å². The molecule has 0 spiro atoms. The Morgan fingerprint density at radius 2 is 2.05 bits per heavy atom. The van der Waals surface area contributed by atoms with E-state index in [1.807, 2.05) is 13.8 Å². The van der Waals surface area contributed by atoms with Gasteiger partial charge in [0.1, 0.15) is 5.75 Å². The maximum Gasteiger partial charge on any atom is 0.196 e. The molecule has 0 fully saturated rings. The number of aromatic hydroxyl groups is 1. The molecular weight excluding hydrogens is 280 g/mol. The van der Waals surface area contributed by atoms with Crippen molar-refractivity contribution in [2.75, 3.05) is 13.2 Å². The summed E-state index contributed by atoms with van der Waals surface area (Å²) in [6.45, 7) is 5.08. The molecular formula is C18H22O4. The normalized spacial score (nSPS) is 20.7. The van der Waals surface area contributed by atoms with Crippen LogP contribution >= 0.6 is 0 Å². The smallest absolute Gasteiger partial charge is 0.196 e. The molecule has 4 nitrogen and oxygen atoms in total. The molecule has 1 unspecified atom stereocenters. The van der Waals surface area contributed by atoms with E-state index < -0.39 is 5.79 Å². The molecule has 1 aromatic rings. The molecule has 0 saturated carbocycles. The maximum atomic E-state index is 12.4. The van der Waals surface area contributed by atoms with E-state index in [0.29, 0.717) is 30.8 Å². The zero-order chi connectivity index (χ0) is 16.0. The summed E-state index contributed by atoms with van der Waals surface area (Å²) in [5.41, 5.74) is 0.841. The predicted molar refractivity (Wildman–Crippen MR) is 84.9 cm³/mol. The lowest BCUT2D eigenvalue weighted by molar-refractivity contribution is -0.200. The molecule has 0 aliphatic heterocycles. The third kappa shape index (κ3) is 3.64. The van der Waals surface area contributed by atoms with Gasteiger partial charge in [-0.3, -0.25) is 4.79 Å². The molecule has 1 aliphatic carbocycles. The Labute approximate surface area is 131 Å². The first-order valence-electron chi connectivity index (χ1n) is 7.62. The van der Waals surface area contributed by atoms with Crippen molar-refractivity contribution in [3.05, 3.63) is 53.6 Å². The SMILES string of the molecule is CCCOC1(OCC)C=CC(C(=O)c2ccccc2O)=CC1. The highest BCUT2D eigenvalue weighted by Gasteiger charge is 2.31. The lowest BCUT2D eigenvalue weighted by atomic mass is 9.95. The average molecular weight is 302 g/mol. The summed E-state index contributed by atoms with van der Waals surface area (Å²) in [7, 11) is 0. The Kier molecular flexibility index (Phi) is 5.52. The third-order valence-corrected chi connectivity index (χ3v) is 3.47. The van der Waals surface area contributed by atoms with Gasteiger partial charge in [-0.1, -0.05) is 31.2 Å². The molecule has 2 rings (SSSR count). The van der Waals surface area contributed by atoms with Gasteiger partial charge in [0.2, 0.25) is 0 Å². The fraction of sp³-hybridized carbons (Fsp3) is 0.389. The van der Waals surface area contributed by atoms with Crippen LogP contribution in [0.25, 0.3) is 0 Å². The number of phenols is 1. The van der Waals surface area contributed by atoms with E-state index in [4.69, 9.17) is 9.47 Å². The monoisotopic (exact) mass is 302 g/mol. The van der Waals surface area contributed by atoms with Crippen LogP contribution in [-0.4, -0.2) is 29.9 Å². The van der Waals surface area contributed by atoms with Crippen molar-refractivity contribution in [2.45, 2.75) is 32.5 Å². The molecule has 1 aliphatic rings. The van der Waals surface area contributed by atoms with E-state index >= 15 is 0 Å². The topological polar surface area (TPSA) is 55.8 Å². The molecule has 1 N–H and O–H groups in total. The van der Waals surface area contributed by atoms with Crippen molar-refractivity contribution < 1.29 is 19.4 Å². The van der Waals surface area contributed by atoms with E-state index in [2.05, 4.69) is 0 Å². The van der Waals surface area contributed by atoms with E-state index in [9.17, 15) is 9.90 Å². The first-order valence-corrected chi connectivity index (χ1v) is 7.62. The standard InChI is InChI=1S/C18H22O4/c1-3-13-22-18(21-4-2)11-9-14(10-12-18)17(20)15-7-5-6-8-16(15)19/h5-11,19H,3-4,12-13H2,1-2H3. The van der Waals surface area contributed by atoms with Gasteiger partial charge in [0.25, 0.3) is 0 Å². The van der Waals surface area contributed by atoms with Gasteiger partial charge in [-0.2, -0.15) is 0 Å². The summed E-state index contributed by atoms with van der Waals surface area (Å²) in [6, 6.07) is 6.55. The van der Waals surface area contributed by atoms with E-state index in [-0.39, 0.29) is 11.5 Å². The Bertz CT molecular complexity index is 589. The summed E-state index contributed by atoms with van der Waals surface area (Å²) in [5, 5.41) is 9.79. The Balaban J connectivity index is 2.15. The highest BCUT2D eigenvalue weighted by Crippen LogP contribution is 2.29. The number of allylic oxidation sites excluding steroid dienone is 2. The molecule has 4 heteroatoms. The molecule has 0 amide bonds. The van der Waals surface area contributed by atoms with Gasteiger partial charge >= 0.3 is 0 Å². The molecule has 0 bridgehead atoms. The van der Waals surface area contributed by atoms with Crippen LogP contribution in [0.15, 0.2) is 48.1 Å². The Morgan fingerprint density at radius 1 is 1.27 bits per heavy atom. The van der Waals surface area contributed by atoms with Crippen LogP contribution < -0.4 is 0 Å². The lowest BCUT2D eigenvalue weighted by Gasteiger charge is -2.31. The van der Waals surface area contributed by atoms with Crippen LogP contribution in [0.5, 0.6) is 5.75 Å². The Morgan fingerprint density at radius 3 is 2.64 bits per heavy atom. The molecule has 0 saturated heterocycles. The number of hydrogen-bond donors (Lipinski definition) is 1. The minimum Gasteiger partial charge on any atom is -0.507 e. The largest absolute Gasteiger partial charge is 0.507 e. The fourth-order valence-corrected chi connectivity index (χ4v) is 2.37. The van der Waals surface area contributed by atoms with Crippen molar-refractivity contribution in [1.82, 2.24) is 0 Å². The summed E-state index contributed by atoms with van der Waals surface area (Å²) in [4.78, 5) is 12.4. The number of ketones is 1. The van der Waals surface area contributed by atoms with Crippen molar-refractivity contribution in [3.8, 4) is 5.75 Å². The number of ether oxygens (including phenoxy) is 2. The first-order chi connectivity index (χ1) is 10.6. The number of hydrogen-bond acceptors (Lipinski definition) is 4. The first kappa shape index (κ1) is 16.5. The molecule has 22 heavy (non-hydrogen) atoms. The molecule has 1 atom stereocenters. The van der Waals surface area contributed by atoms with Crippen molar-refractivity contribution >= 4 is 5.78 Å². The van der Waals surface area contributed by atoms with E-state index in [1.165, 1.54) is 6.07 Å². The predicted octanol–water partition coefficient (Wildman–Crippen LogP) is 3.62. The second-order valence-electron chi connectivity index (χ2n) is 5.14. The summed E-state index contributed by atoms with van der Waals surface area (Å²) in [5.74, 6) is -0.992. The van der Waals surface area contributed by atoms with Crippen LogP contribution in [0.4, 0.5) is 0 Å². The second kappa shape index (κ2) is 7.38. The number of benzene rings is 1. The van der Waals surface area contributed by atoms with Crippen molar-refractivity contribution in [1.29, 1.82) is 0 Å². The lowest BCUT2D eigenvalue weighted by Crippen LogP contribution is -2.35. The summed E-state index contributed by atoms with van der Waals surface area (Å²) >= 11 is 0. The van der Waals surface area contributed by atoms with Crippen LogP contribution in [0.3, 0.4) is 0 Å². The fourth-order valence-electron chi connectivity index (χ4n) is 2.37. The number of phenolic OH excluding ortho intramolecular Hbond substituents is 1. The number of carbonyl (C=O) groups excluding carboxylic acids is 1. The second-order valence-corrected chi connectivity index (χ2v) is 5.14. The van der Waals surface area contributed by atoms with E-state index in [0.717, 1.165) is 6.42 Å². The van der Waals surface area contributed by atoms with Gasteiger partial charge in [-0.05, 0) is 31.6 Å².